The predicted octanol–water partition coefficient (Wildman–Crippen LogP) is -0.538. The van der Waals surface area contributed by atoms with E-state index in [0.717, 1.165) is 13.0 Å². The Labute approximate surface area is 114 Å². The highest BCUT2D eigenvalue weighted by atomic mass is 32.2. The van der Waals surface area contributed by atoms with Crippen LogP contribution in [0.4, 0.5) is 0 Å². The normalized spacial score (nSPS) is 12.2. The van der Waals surface area contributed by atoms with E-state index in [1.807, 2.05) is 18.9 Å². The maximum atomic E-state index is 12.0. The van der Waals surface area contributed by atoms with Gasteiger partial charge in [0, 0.05) is 25.8 Å². The van der Waals surface area contributed by atoms with Gasteiger partial charge in [0.05, 0.1) is 6.20 Å². The van der Waals surface area contributed by atoms with Crippen LogP contribution >= 0.6 is 0 Å². The second-order valence-electron chi connectivity index (χ2n) is 4.38. The molecule has 0 unspecified atom stereocenters. The minimum absolute atomic E-state index is 0.198. The number of sulfonamides is 1. The molecule has 7 nitrogen and oxygen atoms in total. The van der Waals surface area contributed by atoms with E-state index in [0.29, 0.717) is 26.2 Å². The molecule has 0 amide bonds. The molecule has 0 aliphatic rings. The number of rotatable bonds is 9. The van der Waals surface area contributed by atoms with Crippen molar-refractivity contribution in [3.8, 4) is 0 Å². The lowest BCUT2D eigenvalue weighted by molar-refractivity contribution is 0.358. The molecule has 0 saturated carbocycles. The smallest absolute Gasteiger partial charge is 0.243 e. The van der Waals surface area contributed by atoms with Crippen molar-refractivity contribution in [1.82, 2.24) is 19.4 Å². The third-order valence-electron chi connectivity index (χ3n) is 2.84. The van der Waals surface area contributed by atoms with Crippen molar-refractivity contribution in [2.75, 3.05) is 33.2 Å². The number of nitrogens with two attached hydrogens (primary N) is 1. The molecule has 1 rings (SSSR count). The number of aromatic nitrogens is 2. The molecule has 1 aromatic heterocycles. The van der Waals surface area contributed by atoms with Crippen LogP contribution < -0.4 is 10.5 Å². The molecule has 0 spiro atoms. The highest BCUT2D eigenvalue weighted by Crippen LogP contribution is 2.06. The van der Waals surface area contributed by atoms with Gasteiger partial charge in [0.15, 0.2) is 0 Å². The SMILES string of the molecule is CCN(C)CCNS(=O)(=O)c1cnn(CCCN)c1. The maximum absolute atomic E-state index is 12.0. The van der Waals surface area contributed by atoms with Crippen LogP contribution in [-0.2, 0) is 16.6 Å². The van der Waals surface area contributed by atoms with Gasteiger partial charge < -0.3 is 10.6 Å². The highest BCUT2D eigenvalue weighted by molar-refractivity contribution is 7.89. The first-order chi connectivity index (χ1) is 8.99. The van der Waals surface area contributed by atoms with E-state index in [4.69, 9.17) is 5.73 Å². The molecule has 0 saturated heterocycles. The number of aryl methyl sites for hydroxylation is 1. The Hall–Kier alpha value is -0.960. The number of likely N-dealkylation sites (N-methyl/N-ethyl adjacent to an activating group) is 1. The molecule has 110 valence electrons. The van der Waals surface area contributed by atoms with E-state index in [2.05, 4.69) is 9.82 Å². The summed E-state index contributed by atoms with van der Waals surface area (Å²) in [6.45, 7) is 5.17. The van der Waals surface area contributed by atoms with Crippen molar-refractivity contribution in [1.29, 1.82) is 0 Å². The summed E-state index contributed by atoms with van der Waals surface area (Å²) in [5, 5.41) is 4.01. The zero-order chi connectivity index (χ0) is 14.3. The van der Waals surface area contributed by atoms with Crippen LogP contribution in [0.3, 0.4) is 0 Å². The average molecular weight is 289 g/mol. The summed E-state index contributed by atoms with van der Waals surface area (Å²) in [6, 6.07) is 0. The van der Waals surface area contributed by atoms with E-state index < -0.39 is 10.0 Å². The Morgan fingerprint density at radius 2 is 2.26 bits per heavy atom. The van der Waals surface area contributed by atoms with E-state index in [9.17, 15) is 8.42 Å². The Morgan fingerprint density at radius 3 is 2.89 bits per heavy atom. The van der Waals surface area contributed by atoms with Gasteiger partial charge in [-0.2, -0.15) is 5.10 Å². The third kappa shape index (κ3) is 5.27. The molecule has 8 heteroatoms. The summed E-state index contributed by atoms with van der Waals surface area (Å²) in [6.07, 6.45) is 3.67. The Balaban J connectivity index is 2.54. The first-order valence-corrected chi connectivity index (χ1v) is 7.88. The van der Waals surface area contributed by atoms with E-state index in [-0.39, 0.29) is 4.90 Å². The number of nitrogens with one attached hydrogen (secondary N) is 1. The third-order valence-corrected chi connectivity index (χ3v) is 4.25. The van der Waals surface area contributed by atoms with E-state index >= 15 is 0 Å². The Kier molecular flexibility index (Phi) is 6.43. The van der Waals surface area contributed by atoms with Crippen LogP contribution in [0, 0.1) is 0 Å². The Morgan fingerprint density at radius 1 is 1.53 bits per heavy atom. The summed E-state index contributed by atoms with van der Waals surface area (Å²) in [5.74, 6) is 0. The molecular formula is C11H23N5O2S. The summed E-state index contributed by atoms with van der Waals surface area (Å²) in [4.78, 5) is 2.23. The summed E-state index contributed by atoms with van der Waals surface area (Å²) in [5.41, 5.74) is 5.40. The van der Waals surface area contributed by atoms with Gasteiger partial charge >= 0.3 is 0 Å². The molecule has 19 heavy (non-hydrogen) atoms. The van der Waals surface area contributed by atoms with Crippen LogP contribution in [0.5, 0.6) is 0 Å². The van der Waals surface area contributed by atoms with Gasteiger partial charge in [-0.1, -0.05) is 6.92 Å². The van der Waals surface area contributed by atoms with E-state index in [1.165, 1.54) is 12.4 Å². The monoisotopic (exact) mass is 289 g/mol. The standard InChI is InChI=1S/C11H23N5O2S/c1-3-15(2)8-6-14-19(17,18)11-9-13-16(10-11)7-4-5-12/h9-10,14H,3-8,12H2,1-2H3. The van der Waals surface area contributed by atoms with Gasteiger partial charge in [0.2, 0.25) is 10.0 Å². The number of hydrogen-bond acceptors (Lipinski definition) is 5. The minimum atomic E-state index is -3.46. The zero-order valence-electron chi connectivity index (χ0n) is 11.5. The second-order valence-corrected chi connectivity index (χ2v) is 6.14. The lowest BCUT2D eigenvalue weighted by Gasteiger charge is -2.13. The molecule has 3 N–H and O–H groups in total. The van der Waals surface area contributed by atoms with Gasteiger partial charge in [0.1, 0.15) is 4.90 Å². The second kappa shape index (κ2) is 7.59. The van der Waals surface area contributed by atoms with Crippen molar-refractivity contribution in [2.24, 2.45) is 5.73 Å². The van der Waals surface area contributed by atoms with Crippen LogP contribution in [0.2, 0.25) is 0 Å². The summed E-state index contributed by atoms with van der Waals surface area (Å²) >= 11 is 0. The van der Waals surface area contributed by atoms with Crippen LogP contribution in [0.1, 0.15) is 13.3 Å². The van der Waals surface area contributed by atoms with Crippen molar-refractivity contribution in [3.63, 3.8) is 0 Å². The molecule has 0 fully saturated rings. The van der Waals surface area contributed by atoms with Crippen molar-refractivity contribution in [3.05, 3.63) is 12.4 Å². The number of hydrogen-bond donors (Lipinski definition) is 2. The van der Waals surface area contributed by atoms with Crippen LogP contribution in [-0.4, -0.2) is 56.3 Å². The molecule has 1 aromatic rings. The molecule has 0 bridgehead atoms. The van der Waals surface area contributed by atoms with Gasteiger partial charge in [-0.05, 0) is 26.6 Å². The molecule has 0 aliphatic heterocycles. The predicted molar refractivity (Wildman–Crippen MR) is 74.3 cm³/mol. The quantitative estimate of drug-likeness (QED) is 0.637. The van der Waals surface area contributed by atoms with Crippen molar-refractivity contribution < 1.29 is 8.42 Å². The van der Waals surface area contributed by atoms with Crippen molar-refractivity contribution >= 4 is 10.0 Å². The van der Waals surface area contributed by atoms with Crippen molar-refractivity contribution in [2.45, 2.75) is 24.8 Å². The van der Waals surface area contributed by atoms with E-state index in [1.54, 1.807) is 4.68 Å². The van der Waals surface area contributed by atoms with Gasteiger partial charge in [0.25, 0.3) is 0 Å². The lowest BCUT2D eigenvalue weighted by atomic mass is 10.4. The topological polar surface area (TPSA) is 93.2 Å². The molecule has 0 atom stereocenters. The zero-order valence-corrected chi connectivity index (χ0v) is 12.4. The highest BCUT2D eigenvalue weighted by Gasteiger charge is 2.15. The fraction of sp³-hybridized carbons (Fsp3) is 0.727. The molecule has 0 radical (unpaired) electrons. The van der Waals surface area contributed by atoms with Gasteiger partial charge in [-0.3, -0.25) is 4.68 Å². The summed E-state index contributed by atoms with van der Waals surface area (Å²) < 4.78 is 28.1. The Bertz CT molecular complexity index is 471. The molecular weight excluding hydrogens is 266 g/mol. The van der Waals surface area contributed by atoms with Gasteiger partial charge in [-0.15, -0.1) is 0 Å². The van der Waals surface area contributed by atoms with Crippen LogP contribution in [0.25, 0.3) is 0 Å². The fourth-order valence-electron chi connectivity index (χ4n) is 1.47. The number of nitrogens with zero attached hydrogens (tertiary/aromatic N) is 3. The minimum Gasteiger partial charge on any atom is -0.330 e. The maximum Gasteiger partial charge on any atom is 0.243 e. The van der Waals surface area contributed by atoms with Gasteiger partial charge in [-0.25, -0.2) is 13.1 Å². The first-order valence-electron chi connectivity index (χ1n) is 6.40. The lowest BCUT2D eigenvalue weighted by Crippen LogP contribution is -2.32. The fourth-order valence-corrected chi connectivity index (χ4v) is 2.44. The molecule has 0 aromatic carbocycles. The first kappa shape index (κ1) is 16.1. The largest absolute Gasteiger partial charge is 0.330 e. The summed E-state index contributed by atoms with van der Waals surface area (Å²) in [7, 11) is -1.52. The van der Waals surface area contributed by atoms with Crippen LogP contribution in [0.15, 0.2) is 17.3 Å². The molecule has 0 aliphatic carbocycles. The average Bonchev–Trinajstić information content (AvgIpc) is 2.85. The molecule has 1 heterocycles.